The van der Waals surface area contributed by atoms with Gasteiger partial charge >= 0.3 is 12.0 Å². The van der Waals surface area contributed by atoms with E-state index in [9.17, 15) is 14.4 Å². The molecule has 0 bridgehead atoms. The molecular weight excluding hydrogens is 264 g/mol. The first-order valence-electron chi connectivity index (χ1n) is 6.66. The Morgan fingerprint density at radius 1 is 1.30 bits per heavy atom. The van der Waals surface area contributed by atoms with Gasteiger partial charge in [-0.3, -0.25) is 14.9 Å². The second kappa shape index (κ2) is 7.23. The molecule has 1 fully saturated rings. The predicted octanol–water partition coefficient (Wildman–Crippen LogP) is 0.740. The summed E-state index contributed by atoms with van der Waals surface area (Å²) in [5.74, 6) is -1.15. The highest BCUT2D eigenvalue weighted by Gasteiger charge is 2.26. The lowest BCUT2D eigenvalue weighted by Gasteiger charge is -2.21. The average Bonchev–Trinajstić information content (AvgIpc) is 2.75. The van der Waals surface area contributed by atoms with Crippen molar-refractivity contribution in [2.45, 2.75) is 33.1 Å². The number of hydrogen-bond donors (Lipinski definition) is 3. The van der Waals surface area contributed by atoms with Crippen LogP contribution in [0.3, 0.4) is 0 Å². The van der Waals surface area contributed by atoms with Gasteiger partial charge in [0.25, 0.3) is 0 Å². The zero-order valence-electron chi connectivity index (χ0n) is 11.9. The minimum Gasteiger partial charge on any atom is -0.481 e. The summed E-state index contributed by atoms with van der Waals surface area (Å²) in [5.41, 5.74) is -0.685. The molecule has 114 valence electrons. The van der Waals surface area contributed by atoms with Crippen molar-refractivity contribution in [3.05, 3.63) is 0 Å². The number of urea groups is 1. The summed E-state index contributed by atoms with van der Waals surface area (Å²) in [4.78, 5) is 33.8. The number of carbonyl (C=O) groups is 3. The summed E-state index contributed by atoms with van der Waals surface area (Å²) >= 11 is 0. The second-order valence-electron chi connectivity index (χ2n) is 5.90. The van der Waals surface area contributed by atoms with Crippen molar-refractivity contribution in [3.8, 4) is 0 Å². The van der Waals surface area contributed by atoms with E-state index in [2.05, 4.69) is 10.6 Å². The van der Waals surface area contributed by atoms with Gasteiger partial charge in [0.2, 0.25) is 5.91 Å². The summed E-state index contributed by atoms with van der Waals surface area (Å²) in [6.45, 7) is 5.15. The first-order chi connectivity index (χ1) is 9.28. The van der Waals surface area contributed by atoms with Crippen molar-refractivity contribution < 1.29 is 24.2 Å². The SMILES string of the molecule is CC(C)(CC(=O)O)CC(=O)NC(=O)NCC1CCOC1. The van der Waals surface area contributed by atoms with Crippen LogP contribution in [0.4, 0.5) is 4.79 Å². The van der Waals surface area contributed by atoms with E-state index >= 15 is 0 Å². The van der Waals surface area contributed by atoms with Gasteiger partial charge in [0.1, 0.15) is 0 Å². The van der Waals surface area contributed by atoms with E-state index in [4.69, 9.17) is 9.84 Å². The van der Waals surface area contributed by atoms with Gasteiger partial charge < -0.3 is 15.2 Å². The largest absolute Gasteiger partial charge is 0.481 e. The summed E-state index contributed by atoms with van der Waals surface area (Å²) in [6.07, 6.45) is 0.764. The van der Waals surface area contributed by atoms with Crippen LogP contribution in [-0.4, -0.2) is 42.8 Å². The highest BCUT2D eigenvalue weighted by atomic mass is 16.5. The molecule has 1 saturated heterocycles. The monoisotopic (exact) mass is 286 g/mol. The Balaban J connectivity index is 2.26. The van der Waals surface area contributed by atoms with Gasteiger partial charge in [-0.2, -0.15) is 0 Å². The highest BCUT2D eigenvalue weighted by molar-refractivity contribution is 5.94. The Morgan fingerprint density at radius 3 is 2.55 bits per heavy atom. The van der Waals surface area contributed by atoms with Crippen molar-refractivity contribution in [2.24, 2.45) is 11.3 Å². The third-order valence-corrected chi connectivity index (χ3v) is 3.10. The number of aliphatic carboxylic acids is 1. The molecule has 0 spiro atoms. The Hall–Kier alpha value is -1.63. The molecule has 1 rings (SSSR count). The van der Waals surface area contributed by atoms with Crippen LogP contribution in [0.1, 0.15) is 33.1 Å². The van der Waals surface area contributed by atoms with E-state index in [-0.39, 0.29) is 12.8 Å². The molecule has 0 aliphatic carbocycles. The molecule has 0 aromatic rings. The first kappa shape index (κ1) is 16.4. The molecule has 1 atom stereocenters. The van der Waals surface area contributed by atoms with Gasteiger partial charge in [0.15, 0.2) is 0 Å². The van der Waals surface area contributed by atoms with E-state index < -0.39 is 23.3 Å². The van der Waals surface area contributed by atoms with Gasteiger partial charge in [-0.1, -0.05) is 13.8 Å². The molecule has 3 N–H and O–H groups in total. The first-order valence-corrected chi connectivity index (χ1v) is 6.66. The van der Waals surface area contributed by atoms with Crippen molar-refractivity contribution in [1.82, 2.24) is 10.6 Å². The number of nitrogens with one attached hydrogen (secondary N) is 2. The standard InChI is InChI=1S/C13H22N2O5/c1-13(2,6-11(17)18)5-10(16)15-12(19)14-7-9-3-4-20-8-9/h9H,3-8H2,1-2H3,(H,17,18)(H2,14,15,16,19). The number of hydrogen-bond acceptors (Lipinski definition) is 4. The van der Waals surface area contributed by atoms with Gasteiger partial charge in [0, 0.05) is 25.5 Å². The molecule has 20 heavy (non-hydrogen) atoms. The highest BCUT2D eigenvalue weighted by Crippen LogP contribution is 2.24. The third kappa shape index (κ3) is 6.51. The topological polar surface area (TPSA) is 105 Å². The number of carboxylic acid groups (broad SMARTS) is 1. The number of amides is 3. The van der Waals surface area contributed by atoms with Crippen molar-refractivity contribution >= 4 is 17.9 Å². The van der Waals surface area contributed by atoms with Gasteiger partial charge in [0.05, 0.1) is 13.0 Å². The lowest BCUT2D eigenvalue weighted by atomic mass is 9.85. The van der Waals surface area contributed by atoms with E-state index in [1.807, 2.05) is 0 Å². The van der Waals surface area contributed by atoms with Crippen molar-refractivity contribution in [3.63, 3.8) is 0 Å². The fourth-order valence-corrected chi connectivity index (χ4v) is 2.10. The summed E-state index contributed by atoms with van der Waals surface area (Å²) in [6, 6.07) is -0.548. The summed E-state index contributed by atoms with van der Waals surface area (Å²) < 4.78 is 5.18. The molecule has 0 aromatic heterocycles. The smallest absolute Gasteiger partial charge is 0.321 e. The van der Waals surface area contributed by atoms with E-state index in [0.29, 0.717) is 25.7 Å². The maximum atomic E-state index is 11.7. The second-order valence-corrected chi connectivity index (χ2v) is 5.90. The number of carboxylic acids is 1. The number of carbonyl (C=O) groups excluding carboxylic acids is 2. The third-order valence-electron chi connectivity index (χ3n) is 3.10. The van der Waals surface area contributed by atoms with Gasteiger partial charge in [-0.25, -0.2) is 4.79 Å². The zero-order valence-corrected chi connectivity index (χ0v) is 11.9. The van der Waals surface area contributed by atoms with Crippen LogP contribution in [0.25, 0.3) is 0 Å². The van der Waals surface area contributed by atoms with Crippen LogP contribution in [0.2, 0.25) is 0 Å². The fourth-order valence-electron chi connectivity index (χ4n) is 2.10. The summed E-state index contributed by atoms with van der Waals surface area (Å²) in [7, 11) is 0. The minimum absolute atomic E-state index is 0.0146. The van der Waals surface area contributed by atoms with Gasteiger partial charge in [-0.05, 0) is 11.8 Å². The Kier molecular flexibility index (Phi) is 5.94. The van der Waals surface area contributed by atoms with Crippen LogP contribution in [0.5, 0.6) is 0 Å². The molecule has 7 nitrogen and oxygen atoms in total. The molecule has 1 aliphatic rings. The maximum absolute atomic E-state index is 11.7. The van der Waals surface area contributed by atoms with Crippen molar-refractivity contribution in [1.29, 1.82) is 0 Å². The Bertz CT molecular complexity index is 375. The van der Waals surface area contributed by atoms with Crippen LogP contribution in [0.15, 0.2) is 0 Å². The molecule has 1 unspecified atom stereocenters. The maximum Gasteiger partial charge on any atom is 0.321 e. The van der Waals surface area contributed by atoms with E-state index in [0.717, 1.165) is 6.42 Å². The summed E-state index contributed by atoms with van der Waals surface area (Å²) in [5, 5.41) is 13.6. The molecular formula is C13H22N2O5. The van der Waals surface area contributed by atoms with E-state index in [1.54, 1.807) is 13.8 Å². The van der Waals surface area contributed by atoms with Crippen LogP contribution >= 0.6 is 0 Å². The molecule has 7 heteroatoms. The number of ether oxygens (including phenoxy) is 1. The number of rotatable bonds is 6. The quantitative estimate of drug-likeness (QED) is 0.668. The van der Waals surface area contributed by atoms with Crippen LogP contribution < -0.4 is 10.6 Å². The molecule has 1 aliphatic heterocycles. The molecule has 0 saturated carbocycles. The van der Waals surface area contributed by atoms with Crippen LogP contribution in [-0.2, 0) is 14.3 Å². The number of imide groups is 1. The Labute approximate surface area is 118 Å². The molecule has 0 radical (unpaired) electrons. The van der Waals surface area contributed by atoms with Gasteiger partial charge in [-0.15, -0.1) is 0 Å². The molecule has 3 amide bonds. The zero-order chi connectivity index (χ0) is 15.2. The van der Waals surface area contributed by atoms with E-state index in [1.165, 1.54) is 0 Å². The van der Waals surface area contributed by atoms with Crippen molar-refractivity contribution in [2.75, 3.05) is 19.8 Å². The fraction of sp³-hybridized carbons (Fsp3) is 0.769. The lowest BCUT2D eigenvalue weighted by molar-refractivity contribution is -0.139. The average molecular weight is 286 g/mol. The predicted molar refractivity (Wildman–Crippen MR) is 71.1 cm³/mol. The normalized spacial score (nSPS) is 18.6. The minimum atomic E-state index is -0.964. The Morgan fingerprint density at radius 2 is 2.00 bits per heavy atom. The molecule has 1 heterocycles. The lowest BCUT2D eigenvalue weighted by Crippen LogP contribution is -2.42. The molecule has 0 aromatic carbocycles. The van der Waals surface area contributed by atoms with Crippen LogP contribution in [0, 0.1) is 11.3 Å².